The molecule has 3 aromatic rings. The molecular formula is C17H11ClF3N3O3. The van der Waals surface area contributed by atoms with E-state index in [-0.39, 0.29) is 33.0 Å². The van der Waals surface area contributed by atoms with Gasteiger partial charge in [-0.2, -0.15) is 13.2 Å². The third-order valence-corrected chi connectivity index (χ3v) is 3.95. The Morgan fingerprint density at radius 1 is 1.19 bits per heavy atom. The summed E-state index contributed by atoms with van der Waals surface area (Å²) in [5, 5.41) is 12.2. The summed E-state index contributed by atoms with van der Waals surface area (Å²) in [5.74, 6) is -2.40. The predicted octanol–water partition coefficient (Wildman–Crippen LogP) is 4.75. The molecule has 0 saturated heterocycles. The number of methoxy groups -OCH3 is 1. The number of ether oxygens (including phenoxy) is 1. The number of carbonyl (C=O) groups is 1. The van der Waals surface area contributed by atoms with Crippen molar-refractivity contribution >= 4 is 40.0 Å². The van der Waals surface area contributed by atoms with Gasteiger partial charge in [-0.05, 0) is 30.3 Å². The highest BCUT2D eigenvalue weighted by atomic mass is 35.5. The third-order valence-electron chi connectivity index (χ3n) is 3.62. The Morgan fingerprint density at radius 2 is 1.93 bits per heavy atom. The highest BCUT2D eigenvalue weighted by Gasteiger charge is 2.35. The van der Waals surface area contributed by atoms with Gasteiger partial charge in [-0.3, -0.25) is 0 Å². The first-order valence-corrected chi connectivity index (χ1v) is 7.79. The number of nitrogens with zero attached hydrogens (tertiary/aromatic N) is 2. The molecule has 0 aliphatic rings. The maximum atomic E-state index is 13.2. The van der Waals surface area contributed by atoms with Crippen LogP contribution in [0.25, 0.3) is 10.9 Å². The summed E-state index contributed by atoms with van der Waals surface area (Å²) in [7, 11) is 1.38. The molecule has 1 aromatic heterocycles. The number of hydrogen-bond donors (Lipinski definition) is 2. The second-order valence-electron chi connectivity index (χ2n) is 5.40. The number of alkyl halides is 3. The maximum Gasteiger partial charge on any atom is 0.451 e. The Morgan fingerprint density at radius 3 is 2.56 bits per heavy atom. The minimum atomic E-state index is -4.78. The molecule has 140 valence electrons. The van der Waals surface area contributed by atoms with Crippen LogP contribution in [0.2, 0.25) is 5.02 Å². The normalized spacial score (nSPS) is 11.4. The lowest BCUT2D eigenvalue weighted by atomic mass is 10.2. The monoisotopic (exact) mass is 397 g/mol. The van der Waals surface area contributed by atoms with E-state index in [0.717, 1.165) is 0 Å². The standard InChI is InChI=1S/C17H11ClF3N3O3/c1-27-9-3-4-10-12(7-9)23-16(17(19,20)21)24-14(10)22-13-6-8(15(25)26)2-5-11(13)18/h2-7H,1H3,(H,25,26)(H,22,23,24). The van der Waals surface area contributed by atoms with Crippen LogP contribution in [0.4, 0.5) is 24.7 Å². The highest BCUT2D eigenvalue weighted by Crippen LogP contribution is 2.34. The number of halogens is 4. The molecule has 10 heteroatoms. The zero-order valence-corrected chi connectivity index (χ0v) is 14.4. The average Bonchev–Trinajstić information content (AvgIpc) is 2.61. The van der Waals surface area contributed by atoms with Crippen molar-refractivity contribution in [2.24, 2.45) is 0 Å². The zero-order chi connectivity index (χ0) is 19.8. The molecule has 2 aromatic carbocycles. The number of aromatic nitrogens is 2. The second kappa shape index (κ2) is 6.92. The molecule has 0 amide bonds. The van der Waals surface area contributed by atoms with E-state index in [1.165, 1.54) is 37.4 Å². The molecule has 0 unspecified atom stereocenters. The highest BCUT2D eigenvalue weighted by molar-refractivity contribution is 6.33. The van der Waals surface area contributed by atoms with Crippen LogP contribution in [0.5, 0.6) is 5.75 Å². The first-order chi connectivity index (χ1) is 12.7. The molecular weight excluding hydrogens is 387 g/mol. The Kier molecular flexibility index (Phi) is 4.79. The fourth-order valence-corrected chi connectivity index (χ4v) is 2.50. The Labute approximate surface area is 155 Å². The molecule has 0 fully saturated rings. The predicted molar refractivity (Wildman–Crippen MR) is 92.8 cm³/mol. The van der Waals surface area contributed by atoms with Gasteiger partial charge in [0.25, 0.3) is 0 Å². The number of nitrogens with one attached hydrogen (secondary N) is 1. The topological polar surface area (TPSA) is 84.3 Å². The van der Waals surface area contributed by atoms with Gasteiger partial charge in [-0.25, -0.2) is 14.8 Å². The number of aromatic carboxylic acids is 1. The molecule has 0 aliphatic carbocycles. The van der Waals surface area contributed by atoms with Crippen LogP contribution in [0.3, 0.4) is 0 Å². The van der Waals surface area contributed by atoms with E-state index in [9.17, 15) is 18.0 Å². The van der Waals surface area contributed by atoms with Crippen LogP contribution in [-0.2, 0) is 6.18 Å². The van der Waals surface area contributed by atoms with Crippen molar-refractivity contribution in [3.63, 3.8) is 0 Å². The van der Waals surface area contributed by atoms with E-state index in [0.29, 0.717) is 5.75 Å². The SMILES string of the molecule is COc1ccc2c(Nc3cc(C(=O)O)ccc3Cl)nc(C(F)(F)F)nc2c1. The molecule has 27 heavy (non-hydrogen) atoms. The number of carboxylic acids is 1. The number of carboxylic acid groups (broad SMARTS) is 1. The summed E-state index contributed by atoms with van der Waals surface area (Å²) < 4.78 is 44.6. The van der Waals surface area contributed by atoms with Gasteiger partial charge in [0.15, 0.2) is 0 Å². The largest absolute Gasteiger partial charge is 0.497 e. The van der Waals surface area contributed by atoms with Crippen molar-refractivity contribution in [1.82, 2.24) is 9.97 Å². The van der Waals surface area contributed by atoms with Crippen molar-refractivity contribution in [1.29, 1.82) is 0 Å². The lowest BCUT2D eigenvalue weighted by Crippen LogP contribution is -2.13. The second-order valence-corrected chi connectivity index (χ2v) is 5.81. The molecule has 0 saturated carbocycles. The van der Waals surface area contributed by atoms with E-state index in [2.05, 4.69) is 15.3 Å². The van der Waals surface area contributed by atoms with E-state index in [1.807, 2.05) is 0 Å². The minimum absolute atomic E-state index is 0.00434. The lowest BCUT2D eigenvalue weighted by Gasteiger charge is -2.14. The van der Waals surface area contributed by atoms with Crippen LogP contribution in [0.1, 0.15) is 16.2 Å². The van der Waals surface area contributed by atoms with Gasteiger partial charge in [0, 0.05) is 11.5 Å². The summed E-state index contributed by atoms with van der Waals surface area (Å²) in [4.78, 5) is 18.2. The summed E-state index contributed by atoms with van der Waals surface area (Å²) in [6, 6.07) is 8.18. The summed E-state index contributed by atoms with van der Waals surface area (Å²) in [6.45, 7) is 0. The van der Waals surface area contributed by atoms with Crippen molar-refractivity contribution in [2.75, 3.05) is 12.4 Å². The van der Waals surface area contributed by atoms with Crippen molar-refractivity contribution in [3.8, 4) is 5.75 Å². The van der Waals surface area contributed by atoms with Gasteiger partial charge in [-0.15, -0.1) is 0 Å². The number of hydrogen-bond acceptors (Lipinski definition) is 5. The lowest BCUT2D eigenvalue weighted by molar-refractivity contribution is -0.144. The Hall–Kier alpha value is -3.07. The van der Waals surface area contributed by atoms with Gasteiger partial charge in [0.05, 0.1) is 28.9 Å². The molecule has 2 N–H and O–H groups in total. The molecule has 0 bridgehead atoms. The van der Waals surface area contributed by atoms with E-state index in [4.69, 9.17) is 21.4 Å². The van der Waals surface area contributed by atoms with Crippen molar-refractivity contribution < 1.29 is 27.8 Å². The van der Waals surface area contributed by atoms with E-state index >= 15 is 0 Å². The number of anilines is 2. The third kappa shape index (κ3) is 3.87. The van der Waals surface area contributed by atoms with E-state index in [1.54, 1.807) is 6.07 Å². The van der Waals surface area contributed by atoms with Crippen LogP contribution in [-0.4, -0.2) is 28.2 Å². The van der Waals surface area contributed by atoms with E-state index < -0.39 is 18.0 Å². The van der Waals surface area contributed by atoms with Crippen molar-refractivity contribution in [2.45, 2.75) is 6.18 Å². The summed E-state index contributed by atoms with van der Waals surface area (Å²) in [6.07, 6.45) is -4.78. The van der Waals surface area contributed by atoms with Crippen LogP contribution in [0.15, 0.2) is 36.4 Å². The van der Waals surface area contributed by atoms with Gasteiger partial charge in [0.2, 0.25) is 5.82 Å². The summed E-state index contributed by atoms with van der Waals surface area (Å²) >= 11 is 6.04. The fraction of sp³-hybridized carbons (Fsp3) is 0.118. The Balaban J connectivity index is 2.18. The first-order valence-electron chi connectivity index (χ1n) is 7.42. The number of fused-ring (bicyclic) bond motifs is 1. The molecule has 1 heterocycles. The first kappa shape index (κ1) is 18.7. The quantitative estimate of drug-likeness (QED) is 0.660. The number of benzene rings is 2. The average molecular weight is 398 g/mol. The molecule has 0 aliphatic heterocycles. The molecule has 0 atom stereocenters. The van der Waals surface area contributed by atoms with Gasteiger partial charge < -0.3 is 15.2 Å². The smallest absolute Gasteiger partial charge is 0.451 e. The molecule has 6 nitrogen and oxygen atoms in total. The van der Waals surface area contributed by atoms with Crippen LogP contribution < -0.4 is 10.1 Å². The molecule has 0 spiro atoms. The van der Waals surface area contributed by atoms with Crippen molar-refractivity contribution in [3.05, 3.63) is 52.8 Å². The Bertz CT molecular complexity index is 1040. The van der Waals surface area contributed by atoms with Gasteiger partial charge in [0.1, 0.15) is 11.6 Å². The zero-order valence-electron chi connectivity index (χ0n) is 13.6. The summed E-state index contributed by atoms with van der Waals surface area (Å²) in [5.41, 5.74) is 0.0168. The molecule has 3 rings (SSSR count). The maximum absolute atomic E-state index is 13.2. The molecule has 0 radical (unpaired) electrons. The van der Waals surface area contributed by atoms with Crippen LogP contribution in [0, 0.1) is 0 Å². The van der Waals surface area contributed by atoms with Gasteiger partial charge in [-0.1, -0.05) is 11.6 Å². The minimum Gasteiger partial charge on any atom is -0.497 e. The number of rotatable bonds is 4. The van der Waals surface area contributed by atoms with Gasteiger partial charge >= 0.3 is 12.1 Å². The fourth-order valence-electron chi connectivity index (χ4n) is 2.34. The van der Waals surface area contributed by atoms with Crippen LogP contribution >= 0.6 is 11.6 Å².